The number of pyridine rings is 1. The molecule has 0 saturated heterocycles. The van der Waals surface area contributed by atoms with Crippen molar-refractivity contribution in [2.45, 2.75) is 199 Å². The molecule has 700 valence electrons. The number of rotatable bonds is 32. The van der Waals surface area contributed by atoms with Gasteiger partial charge < -0.3 is 85.4 Å². The molecule has 0 aliphatic heterocycles. The number of hydrogen-bond donors (Lipinski definition) is 12. The molecule has 0 aliphatic carbocycles. The molecule has 10 aromatic rings. The van der Waals surface area contributed by atoms with Gasteiger partial charge in [0, 0.05) is 79.4 Å². The lowest BCUT2D eigenvalue weighted by molar-refractivity contribution is -0.200. The van der Waals surface area contributed by atoms with E-state index in [9.17, 15) is 113 Å². The highest BCUT2D eigenvalue weighted by Crippen LogP contribution is 2.35. The highest BCUT2D eigenvalue weighted by Gasteiger charge is 2.55. The summed E-state index contributed by atoms with van der Waals surface area (Å²) in [4.78, 5) is 154. The first-order valence-corrected chi connectivity index (χ1v) is 41.6. The molecule has 0 aliphatic rings. The lowest BCUT2D eigenvalue weighted by Crippen LogP contribution is -2.54. The van der Waals surface area contributed by atoms with Gasteiger partial charge in [0.1, 0.15) is 12.1 Å². The third-order valence-corrected chi connectivity index (χ3v) is 19.5. The van der Waals surface area contributed by atoms with Crippen molar-refractivity contribution in [1.29, 1.82) is 0 Å². The molecule has 34 heteroatoms. The fourth-order valence-corrected chi connectivity index (χ4v) is 13.6. The number of ether oxygens (including phenoxy) is 5. The van der Waals surface area contributed by atoms with Gasteiger partial charge in [0.05, 0.1) is 32.9 Å². The summed E-state index contributed by atoms with van der Waals surface area (Å²) in [7, 11) is 0. The van der Waals surface area contributed by atoms with Crippen molar-refractivity contribution in [3.8, 4) is 33.4 Å². The molecule has 32 nitrogen and oxygen atoms in total. The minimum absolute atomic E-state index is 0.251. The third kappa shape index (κ3) is 30.8. The van der Waals surface area contributed by atoms with Crippen LogP contribution in [-0.2, 0) is 104 Å². The Morgan fingerprint density at radius 2 is 0.568 bits per heavy atom. The molecule has 0 fully saturated rings. The van der Waals surface area contributed by atoms with E-state index in [0.29, 0.717) is 49.6 Å². The lowest BCUT2D eigenvalue weighted by atomic mass is 9.92. The Labute approximate surface area is 765 Å². The number of anilines is 2. The number of aromatic nitrogens is 3. The van der Waals surface area contributed by atoms with Crippen molar-refractivity contribution < 1.29 is 137 Å². The number of thiophene rings is 1. The van der Waals surface area contributed by atoms with Gasteiger partial charge in [0.25, 0.3) is 39.8 Å². The highest BCUT2D eigenvalue weighted by atomic mass is 32.1. The highest BCUT2D eigenvalue weighted by molar-refractivity contribution is 7.12. The van der Waals surface area contributed by atoms with E-state index in [2.05, 4.69) is 25.6 Å². The summed E-state index contributed by atoms with van der Waals surface area (Å²) in [5.41, 5.74) is -6.63. The van der Waals surface area contributed by atoms with Gasteiger partial charge in [-0.25, -0.2) is 62.3 Å². The number of amides is 2. The summed E-state index contributed by atoms with van der Waals surface area (Å²) in [5.74, 6) is -16.4. The Bertz CT molecular complexity index is 5450. The molecule has 132 heavy (non-hydrogen) atoms. The van der Waals surface area contributed by atoms with E-state index in [1.165, 1.54) is 29.8 Å². The van der Waals surface area contributed by atoms with Crippen LogP contribution in [0.15, 0.2) is 231 Å². The zero-order valence-electron chi connectivity index (χ0n) is 75.5. The predicted octanol–water partition coefficient (Wildman–Crippen LogP) is 16.0. The Morgan fingerprint density at radius 1 is 0.303 bits per heavy atom. The molecule has 0 spiro atoms. The summed E-state index contributed by atoms with van der Waals surface area (Å²) >= 11 is 1.31. The second kappa shape index (κ2) is 44.9. The normalized spacial score (nSPS) is 11.9. The Balaban J connectivity index is 0.000000254. The number of benzene rings is 7. The van der Waals surface area contributed by atoms with E-state index in [-0.39, 0.29) is 49.7 Å². The molecule has 10 rings (SSSR count). The van der Waals surface area contributed by atoms with E-state index in [1.54, 1.807) is 292 Å². The number of carboxylic acid groups (broad SMARTS) is 10. The van der Waals surface area contributed by atoms with Crippen molar-refractivity contribution in [1.82, 2.24) is 15.0 Å². The number of halogens is 1. The van der Waals surface area contributed by atoms with E-state index in [4.69, 9.17) is 23.7 Å². The average molecular weight is 1840 g/mol. The van der Waals surface area contributed by atoms with Gasteiger partial charge in [-0.15, -0.1) is 11.3 Å². The maximum absolute atomic E-state index is 13.0. The molecular formula is C98H108FN5O27S. The zero-order valence-corrected chi connectivity index (χ0v) is 76.3. The number of carbonyl (C=O) groups is 12. The molecule has 0 unspecified atom stereocenters. The van der Waals surface area contributed by atoms with E-state index < -0.39 is 116 Å². The van der Waals surface area contributed by atoms with Crippen LogP contribution in [0.2, 0.25) is 0 Å². The molecule has 12 N–H and O–H groups in total. The van der Waals surface area contributed by atoms with Crippen molar-refractivity contribution in [3.63, 3.8) is 0 Å². The van der Waals surface area contributed by atoms with Crippen molar-refractivity contribution >= 4 is 94.2 Å². The zero-order chi connectivity index (χ0) is 98.9. The molecule has 0 saturated carbocycles. The van der Waals surface area contributed by atoms with Crippen molar-refractivity contribution in [3.05, 3.63) is 280 Å². The maximum Gasteiger partial charge on any atom is 0.348 e. The molecular weight excluding hydrogens is 1730 g/mol. The number of hydrogen-bond acceptors (Lipinski definition) is 21. The Hall–Kier alpha value is -14.2. The standard InChI is InChI=1S/C22H25NO6.C20H21FO5.C19H21NO6S.C19H21NO5.C18H20N2O5/c1-14-7-5-6-8-17(14)18(24)23-16-11-9-15(10-12-16)13-22(19(25)26,20(27)28)29-21(2,3)4;1-19(2,3)26-20(17(22)23,18(24)25)12-13-4-6-14(7-5-13)15-8-10-16(21)11-9-15;1-18(2,3)26-19(16(22)23,17(24)25)11-12-6-8-13(9-7-12)20-15(21)14-5-4-10-27-14;1-18(2,3)25-19(16(21)22,17(23)24)11-13-6-8-14(9-7-13)15-5-4-10-20-12-15;1-17(2,3)25-18(15(21)22,16(23)24)8-12-4-6-13(7-5-12)14-9-19-11-20-10-14/h5-12H,13H2,1-4H3,(H,23,24)(H,25,26)(H,27,28);4-11H,12H2,1-3H3,(H,22,23)(H,24,25);4-10H,11H2,1-3H3,(H,20,21)(H,22,23)(H,24,25);4-10,12H,11H2,1-3H3,(H,21,22)(H,23,24);4-7,9-11H,8H2,1-3H3,(H,21,22)(H,23,24). The van der Waals surface area contributed by atoms with Crippen LogP contribution in [0, 0.1) is 12.7 Å². The van der Waals surface area contributed by atoms with Crippen molar-refractivity contribution in [2.75, 3.05) is 10.6 Å². The van der Waals surface area contributed by atoms with Gasteiger partial charge in [-0.05, 0) is 232 Å². The predicted molar refractivity (Wildman–Crippen MR) is 486 cm³/mol. The molecule has 0 bridgehead atoms. The quantitative estimate of drug-likeness (QED) is 0.0174. The van der Waals surface area contributed by atoms with E-state index >= 15 is 0 Å². The van der Waals surface area contributed by atoms with Crippen LogP contribution < -0.4 is 10.6 Å². The van der Waals surface area contributed by atoms with Crippen LogP contribution in [0.5, 0.6) is 0 Å². The summed E-state index contributed by atoms with van der Waals surface area (Å²) in [6, 6.07) is 53.6. The number of carbonyl (C=O) groups excluding carboxylic acids is 2. The van der Waals surface area contributed by atoms with Gasteiger partial charge in [0.2, 0.25) is 0 Å². The number of aryl methyl sites for hydroxylation is 1. The van der Waals surface area contributed by atoms with Crippen LogP contribution in [0.3, 0.4) is 0 Å². The van der Waals surface area contributed by atoms with Gasteiger partial charge >= 0.3 is 59.7 Å². The number of nitrogens with zero attached hydrogens (tertiary/aromatic N) is 3. The minimum atomic E-state index is -2.41. The molecule has 0 radical (unpaired) electrons. The molecule has 3 heterocycles. The molecule has 3 aromatic heterocycles. The number of nitrogens with one attached hydrogen (secondary N) is 2. The topological polar surface area (TPSA) is 516 Å². The van der Waals surface area contributed by atoms with Gasteiger partial charge in [-0.2, -0.15) is 0 Å². The summed E-state index contributed by atoms with van der Waals surface area (Å²) < 4.78 is 40.2. The lowest BCUT2D eigenvalue weighted by Gasteiger charge is -2.33. The Morgan fingerprint density at radius 3 is 0.833 bits per heavy atom. The van der Waals surface area contributed by atoms with E-state index in [1.807, 2.05) is 31.2 Å². The maximum atomic E-state index is 13.0. The second-order valence-corrected chi connectivity index (χ2v) is 36.2. The number of aliphatic carboxylic acids is 10. The summed E-state index contributed by atoms with van der Waals surface area (Å²) in [5, 5.41) is 103. The van der Waals surface area contributed by atoms with Crippen LogP contribution in [0.1, 0.15) is 157 Å². The van der Waals surface area contributed by atoms with Crippen molar-refractivity contribution in [2.24, 2.45) is 0 Å². The first kappa shape index (κ1) is 107. The largest absolute Gasteiger partial charge is 0.479 e. The molecule has 7 aromatic carbocycles. The minimum Gasteiger partial charge on any atom is -0.479 e. The van der Waals surface area contributed by atoms with Crippen LogP contribution >= 0.6 is 11.3 Å². The third-order valence-electron chi connectivity index (χ3n) is 18.6. The SMILES string of the molecule is CC(C)(C)OC(Cc1ccc(-c2ccc(F)cc2)cc1)(C(=O)O)C(=O)O.CC(C)(C)OC(Cc1ccc(-c2cccnc2)cc1)(C(=O)O)C(=O)O.CC(C)(C)OC(Cc1ccc(-c2cncnc2)cc1)(C(=O)O)C(=O)O.CC(C)(C)OC(Cc1ccc(NC(=O)c2cccs2)cc1)(C(=O)O)C(=O)O.Cc1ccccc1C(=O)Nc1ccc(CC(OC(C)(C)C)(C(=O)O)C(=O)O)cc1. The average Bonchev–Trinajstić information content (AvgIpc) is 0.931. The van der Waals surface area contributed by atoms with Gasteiger partial charge in [0.15, 0.2) is 0 Å². The first-order valence-electron chi connectivity index (χ1n) is 40.7. The first-order chi connectivity index (χ1) is 61.3. The van der Waals surface area contributed by atoms with Gasteiger partial charge in [-0.3, -0.25) is 14.6 Å². The van der Waals surface area contributed by atoms with Crippen LogP contribution in [-0.4, -0.2) is 194 Å². The monoisotopic (exact) mass is 1840 g/mol. The van der Waals surface area contributed by atoms with E-state index in [0.717, 1.165) is 38.9 Å². The van der Waals surface area contributed by atoms with Crippen LogP contribution in [0.4, 0.5) is 15.8 Å². The number of carboxylic acids is 10. The summed E-state index contributed by atoms with van der Waals surface area (Å²) in [6.07, 6.45) is 6.53. The summed E-state index contributed by atoms with van der Waals surface area (Å²) in [6.45, 7) is 25.9. The second-order valence-electron chi connectivity index (χ2n) is 35.2. The fourth-order valence-electron chi connectivity index (χ4n) is 13.0. The van der Waals surface area contributed by atoms with Gasteiger partial charge in [-0.1, -0.05) is 140 Å². The van der Waals surface area contributed by atoms with Crippen LogP contribution in [0.25, 0.3) is 33.4 Å². The molecule has 2 amide bonds. The Kier molecular flexibility index (Phi) is 36.3. The fraction of sp³-hybridized carbons (Fsp3) is 0.316. The molecule has 0 atom stereocenters. The smallest absolute Gasteiger partial charge is 0.348 e.